The van der Waals surface area contributed by atoms with Gasteiger partial charge in [0.1, 0.15) is 17.4 Å². The molecule has 0 radical (unpaired) electrons. The Bertz CT molecular complexity index is 1140. The Labute approximate surface area is 205 Å². The van der Waals surface area contributed by atoms with Crippen LogP contribution in [0.1, 0.15) is 30.4 Å². The molecule has 0 spiro atoms. The maximum Gasteiger partial charge on any atom is 0.205 e. The Balaban J connectivity index is 1.82. The van der Waals surface area contributed by atoms with E-state index in [0.717, 1.165) is 54.1 Å². The second kappa shape index (κ2) is 10.6. The third kappa shape index (κ3) is 5.01. The highest BCUT2D eigenvalue weighted by atomic mass is 32.2. The largest absolute Gasteiger partial charge is 0.440 e. The number of hydrogen-bond acceptors (Lipinski definition) is 6. The number of ether oxygens (including phenoxy) is 1. The van der Waals surface area contributed by atoms with Crippen LogP contribution in [0.4, 0.5) is 0 Å². The molecule has 0 aromatic heterocycles. The molecule has 4 rings (SSSR count). The molecule has 2 aromatic carbocycles. The lowest BCUT2D eigenvalue weighted by molar-refractivity contribution is 0.234. The molecule has 0 bridgehead atoms. The fraction of sp³-hybridized carbons (Fsp3) is 0.296. The van der Waals surface area contributed by atoms with Crippen LogP contribution in [0.5, 0.6) is 0 Å². The van der Waals surface area contributed by atoms with Crippen LogP contribution >= 0.6 is 23.5 Å². The Morgan fingerprint density at radius 3 is 2.27 bits per heavy atom. The van der Waals surface area contributed by atoms with Crippen molar-refractivity contribution < 1.29 is 4.74 Å². The summed E-state index contributed by atoms with van der Waals surface area (Å²) in [5, 5.41) is 9.98. The third-order valence-corrected chi connectivity index (χ3v) is 7.54. The van der Waals surface area contributed by atoms with Gasteiger partial charge in [-0.2, -0.15) is 5.26 Å². The molecule has 0 amide bonds. The molecule has 2 aromatic rings. The molecule has 33 heavy (non-hydrogen) atoms. The molecule has 2 N–H and O–H groups in total. The molecule has 6 heteroatoms. The van der Waals surface area contributed by atoms with Gasteiger partial charge in [-0.25, -0.2) is 0 Å². The first-order valence-corrected chi connectivity index (χ1v) is 13.5. The SMILES string of the molecule is CCCN1CC(=Cc2ccc(SC)cc2)C2=C(C1)C(c1ccc(SC)cc1)C(C#N)=C(N)O2. The highest BCUT2D eigenvalue weighted by molar-refractivity contribution is 7.98. The highest BCUT2D eigenvalue weighted by Gasteiger charge is 2.37. The topological polar surface area (TPSA) is 62.3 Å². The molecule has 2 aliphatic heterocycles. The summed E-state index contributed by atoms with van der Waals surface area (Å²) < 4.78 is 6.16. The summed E-state index contributed by atoms with van der Waals surface area (Å²) >= 11 is 3.44. The average molecular weight is 476 g/mol. The van der Waals surface area contributed by atoms with Crippen LogP contribution in [0.25, 0.3) is 6.08 Å². The van der Waals surface area contributed by atoms with Crippen LogP contribution < -0.4 is 5.73 Å². The summed E-state index contributed by atoms with van der Waals surface area (Å²) in [6, 6.07) is 19.3. The minimum atomic E-state index is -0.198. The second-order valence-electron chi connectivity index (χ2n) is 8.21. The van der Waals surface area contributed by atoms with Gasteiger partial charge < -0.3 is 10.5 Å². The maximum absolute atomic E-state index is 9.98. The molecule has 2 heterocycles. The van der Waals surface area contributed by atoms with E-state index in [1.165, 1.54) is 9.79 Å². The number of nitrogens with two attached hydrogens (primary N) is 1. The summed E-state index contributed by atoms with van der Waals surface area (Å²) in [6.07, 6.45) is 7.41. The molecule has 170 valence electrons. The number of benzene rings is 2. The van der Waals surface area contributed by atoms with Crippen molar-refractivity contribution >= 4 is 29.6 Å². The zero-order valence-corrected chi connectivity index (χ0v) is 20.9. The molecular weight excluding hydrogens is 446 g/mol. The number of thioether (sulfide) groups is 2. The molecule has 0 aliphatic carbocycles. The Hall–Kier alpha value is -2.59. The third-order valence-electron chi connectivity index (χ3n) is 6.05. The van der Waals surface area contributed by atoms with Crippen molar-refractivity contribution in [3.8, 4) is 6.07 Å². The molecule has 4 nitrogen and oxygen atoms in total. The van der Waals surface area contributed by atoms with E-state index in [1.807, 2.05) is 0 Å². The van der Waals surface area contributed by atoms with Crippen LogP contribution in [-0.2, 0) is 4.74 Å². The molecule has 1 unspecified atom stereocenters. The Kier molecular flexibility index (Phi) is 7.54. The van der Waals surface area contributed by atoms with Gasteiger partial charge in [0, 0.05) is 28.5 Å². The fourth-order valence-corrected chi connectivity index (χ4v) is 5.31. The lowest BCUT2D eigenvalue weighted by atomic mass is 9.80. The Morgan fingerprint density at radius 1 is 1.06 bits per heavy atom. The average Bonchev–Trinajstić information content (AvgIpc) is 2.84. The quantitative estimate of drug-likeness (QED) is 0.517. The van der Waals surface area contributed by atoms with Crippen molar-refractivity contribution in [2.24, 2.45) is 5.73 Å². The van der Waals surface area contributed by atoms with Crippen molar-refractivity contribution in [3.63, 3.8) is 0 Å². The molecule has 0 fully saturated rings. The molecule has 0 saturated carbocycles. The Morgan fingerprint density at radius 2 is 1.70 bits per heavy atom. The van der Waals surface area contributed by atoms with Crippen LogP contribution in [0.3, 0.4) is 0 Å². The lowest BCUT2D eigenvalue weighted by Gasteiger charge is -2.38. The molecule has 2 aliphatic rings. The van der Waals surface area contributed by atoms with Crippen molar-refractivity contribution in [2.75, 3.05) is 32.1 Å². The summed E-state index contributed by atoms with van der Waals surface area (Å²) in [5.41, 5.74) is 11.2. The molecule has 1 atom stereocenters. The van der Waals surface area contributed by atoms with Crippen molar-refractivity contribution in [1.29, 1.82) is 5.26 Å². The number of hydrogen-bond donors (Lipinski definition) is 1. The van der Waals surface area contributed by atoms with Gasteiger partial charge in [-0.3, -0.25) is 4.90 Å². The predicted molar refractivity (Wildman–Crippen MR) is 139 cm³/mol. The van der Waals surface area contributed by atoms with E-state index in [0.29, 0.717) is 5.57 Å². The van der Waals surface area contributed by atoms with Crippen molar-refractivity contribution in [1.82, 2.24) is 4.90 Å². The van der Waals surface area contributed by atoms with Gasteiger partial charge in [-0.05, 0) is 72.5 Å². The lowest BCUT2D eigenvalue weighted by Crippen LogP contribution is -2.38. The van der Waals surface area contributed by atoms with Crippen molar-refractivity contribution in [3.05, 3.63) is 88.0 Å². The summed E-state index contributed by atoms with van der Waals surface area (Å²) in [6.45, 7) is 4.74. The fourth-order valence-electron chi connectivity index (χ4n) is 4.49. The predicted octanol–water partition coefficient (Wildman–Crippen LogP) is 6.00. The first kappa shape index (κ1) is 23.6. The van der Waals surface area contributed by atoms with E-state index in [2.05, 4.69) is 85.0 Å². The first-order chi connectivity index (χ1) is 16.1. The zero-order valence-electron chi connectivity index (χ0n) is 19.3. The van der Waals surface area contributed by atoms with E-state index >= 15 is 0 Å². The van der Waals surface area contributed by atoms with E-state index in [4.69, 9.17) is 10.5 Å². The van der Waals surface area contributed by atoms with E-state index in [-0.39, 0.29) is 11.8 Å². The monoisotopic (exact) mass is 475 g/mol. The number of nitrogens with zero attached hydrogens (tertiary/aromatic N) is 2. The summed E-state index contributed by atoms with van der Waals surface area (Å²) in [7, 11) is 0. The van der Waals surface area contributed by atoms with Gasteiger partial charge in [0.15, 0.2) is 0 Å². The summed E-state index contributed by atoms with van der Waals surface area (Å²) in [4.78, 5) is 4.87. The molecular formula is C27H29N3OS2. The number of rotatable bonds is 6. The van der Waals surface area contributed by atoms with Crippen LogP contribution in [0, 0.1) is 11.3 Å². The minimum absolute atomic E-state index is 0.198. The van der Waals surface area contributed by atoms with Gasteiger partial charge in [-0.15, -0.1) is 23.5 Å². The molecule has 0 saturated heterocycles. The van der Waals surface area contributed by atoms with Gasteiger partial charge in [-0.1, -0.05) is 31.2 Å². The van der Waals surface area contributed by atoms with Gasteiger partial charge in [0.2, 0.25) is 5.88 Å². The zero-order chi connectivity index (χ0) is 23.4. The van der Waals surface area contributed by atoms with Gasteiger partial charge in [0.25, 0.3) is 0 Å². The normalized spacial score (nSPS) is 19.9. The van der Waals surface area contributed by atoms with E-state index in [9.17, 15) is 5.26 Å². The smallest absolute Gasteiger partial charge is 0.205 e. The van der Waals surface area contributed by atoms with Crippen LogP contribution in [0.2, 0.25) is 0 Å². The second-order valence-corrected chi connectivity index (χ2v) is 9.97. The number of nitriles is 1. The first-order valence-electron chi connectivity index (χ1n) is 11.1. The standard InChI is InChI=1S/C27H29N3OS2/c1-4-13-30-16-20(14-18-5-9-21(32-2)10-6-18)26-24(17-30)25(23(15-28)27(29)31-26)19-7-11-22(33-3)12-8-19/h5-12,14,25H,4,13,16-17,29H2,1-3H3. The maximum atomic E-state index is 9.98. The van der Waals surface area contributed by atoms with Crippen LogP contribution in [0.15, 0.2) is 86.7 Å². The van der Waals surface area contributed by atoms with Gasteiger partial charge in [0.05, 0.1) is 5.92 Å². The minimum Gasteiger partial charge on any atom is -0.440 e. The van der Waals surface area contributed by atoms with Crippen LogP contribution in [-0.4, -0.2) is 37.0 Å². The highest BCUT2D eigenvalue weighted by Crippen LogP contribution is 2.44. The van der Waals surface area contributed by atoms with Crippen molar-refractivity contribution in [2.45, 2.75) is 29.1 Å². The number of allylic oxidation sites excluding steroid dienone is 1. The van der Waals surface area contributed by atoms with Gasteiger partial charge >= 0.3 is 0 Å². The van der Waals surface area contributed by atoms with E-state index in [1.54, 1.807) is 23.5 Å². The van der Waals surface area contributed by atoms with E-state index < -0.39 is 0 Å². The summed E-state index contributed by atoms with van der Waals surface area (Å²) in [5.74, 6) is 0.839.